The Bertz CT molecular complexity index is 3090. The fourth-order valence-corrected chi connectivity index (χ4v) is 8.84. The van der Waals surface area contributed by atoms with Crippen LogP contribution < -0.4 is 0 Å². The normalized spacial score (nSPS) is 16.1. The summed E-state index contributed by atoms with van der Waals surface area (Å²) in [5.41, 5.74) is 13.6. The van der Waals surface area contributed by atoms with Crippen molar-refractivity contribution in [3.63, 3.8) is 0 Å². The zero-order chi connectivity index (χ0) is 37.7. The lowest BCUT2D eigenvalue weighted by molar-refractivity contribution is 0.669. The molecule has 0 spiro atoms. The van der Waals surface area contributed by atoms with Crippen molar-refractivity contribution in [3.05, 3.63) is 224 Å². The zero-order valence-electron chi connectivity index (χ0n) is 31.2. The molecule has 2 aliphatic carbocycles. The molecule has 9 aromatic rings. The molecular weight excluding hydrogens is 691 g/mol. The molecule has 0 N–H and O–H groups in total. The monoisotopic (exact) mass is 727 g/mol. The molecule has 2 aliphatic rings. The Morgan fingerprint density at radius 3 is 1.81 bits per heavy atom. The van der Waals surface area contributed by atoms with Gasteiger partial charge < -0.3 is 4.57 Å². The molecule has 2 heterocycles. The van der Waals surface area contributed by atoms with Crippen molar-refractivity contribution in [2.24, 2.45) is 5.92 Å². The van der Waals surface area contributed by atoms with Crippen molar-refractivity contribution >= 4 is 38.3 Å². The molecule has 0 amide bonds. The van der Waals surface area contributed by atoms with Gasteiger partial charge in [0, 0.05) is 50.4 Å². The fraction of sp³-hybridized carbons (Fsp3) is 0.0370. The number of hydrogen-bond donors (Lipinski definition) is 0. The van der Waals surface area contributed by atoms with Crippen LogP contribution in [0.15, 0.2) is 218 Å². The molecule has 57 heavy (non-hydrogen) atoms. The predicted octanol–water partition coefficient (Wildman–Crippen LogP) is 13.7. The van der Waals surface area contributed by atoms with E-state index < -0.39 is 0 Å². The van der Waals surface area contributed by atoms with Crippen LogP contribution in [0.25, 0.3) is 83.3 Å². The minimum absolute atomic E-state index is 0.180. The quantitative estimate of drug-likeness (QED) is 0.171. The summed E-state index contributed by atoms with van der Waals surface area (Å²) in [4.78, 5) is 10.3. The molecule has 7 aromatic carbocycles. The van der Waals surface area contributed by atoms with Crippen LogP contribution in [0.4, 0.5) is 0 Å². The second kappa shape index (κ2) is 13.7. The first-order valence-electron chi connectivity index (χ1n) is 19.7. The van der Waals surface area contributed by atoms with Gasteiger partial charge in [0.2, 0.25) is 0 Å². The predicted molar refractivity (Wildman–Crippen MR) is 238 cm³/mol. The van der Waals surface area contributed by atoms with E-state index in [0.29, 0.717) is 5.82 Å². The number of aromatic nitrogens is 3. The van der Waals surface area contributed by atoms with E-state index in [1.165, 1.54) is 60.5 Å². The first-order chi connectivity index (χ1) is 28.3. The molecule has 2 unspecified atom stereocenters. The van der Waals surface area contributed by atoms with Crippen molar-refractivity contribution in [2.75, 3.05) is 0 Å². The molecule has 0 fully saturated rings. The molecule has 2 atom stereocenters. The molecule has 11 rings (SSSR count). The summed E-state index contributed by atoms with van der Waals surface area (Å²) in [6.45, 7) is 0. The van der Waals surface area contributed by atoms with E-state index in [4.69, 9.17) is 9.97 Å². The molecule has 0 aliphatic heterocycles. The molecule has 0 saturated heterocycles. The molecule has 0 saturated carbocycles. The minimum Gasteiger partial charge on any atom is -0.308 e. The smallest absolute Gasteiger partial charge is 0.160 e. The lowest BCUT2D eigenvalue weighted by Gasteiger charge is -2.31. The average Bonchev–Trinajstić information content (AvgIpc) is 3.64. The molecule has 0 bridgehead atoms. The van der Waals surface area contributed by atoms with E-state index in [0.717, 1.165) is 28.1 Å². The lowest BCUT2D eigenvalue weighted by atomic mass is 9.75. The van der Waals surface area contributed by atoms with Crippen LogP contribution in [0.1, 0.15) is 11.5 Å². The fourth-order valence-electron chi connectivity index (χ4n) is 8.84. The van der Waals surface area contributed by atoms with E-state index in [1.54, 1.807) is 0 Å². The summed E-state index contributed by atoms with van der Waals surface area (Å²) in [6.07, 6.45) is 13.8. The van der Waals surface area contributed by atoms with Crippen LogP contribution in [-0.2, 0) is 0 Å². The number of nitrogens with zero attached hydrogens (tertiary/aromatic N) is 3. The zero-order valence-corrected chi connectivity index (χ0v) is 31.2. The van der Waals surface area contributed by atoms with Gasteiger partial charge in [-0.3, -0.25) is 0 Å². The standard InChI is InChI=1S/C54H37N3/c1-3-13-36(14-4-1)37-23-27-41(28-24-37)50-35-49(40-16-5-2-6-17-40)55-54(56-50)42-29-25-39(26-30-42)43-33-34-52(46-20-10-9-19-45(43)46)57-51-22-12-11-21-47(51)48-32-31-38-15-7-8-18-44(38)53(48)57/h1-35,43,45H. The maximum atomic E-state index is 5.16. The van der Waals surface area contributed by atoms with Crippen LogP contribution in [0.2, 0.25) is 0 Å². The second-order valence-electron chi connectivity index (χ2n) is 14.9. The largest absolute Gasteiger partial charge is 0.308 e. The molecular formula is C54H37N3. The highest BCUT2D eigenvalue weighted by Crippen LogP contribution is 2.45. The summed E-state index contributed by atoms with van der Waals surface area (Å²) in [5.74, 6) is 1.08. The van der Waals surface area contributed by atoms with Gasteiger partial charge in [-0.15, -0.1) is 0 Å². The second-order valence-corrected chi connectivity index (χ2v) is 14.9. The van der Waals surface area contributed by atoms with Gasteiger partial charge in [-0.05, 0) is 45.9 Å². The van der Waals surface area contributed by atoms with E-state index in [-0.39, 0.29) is 11.8 Å². The Morgan fingerprint density at radius 2 is 1.04 bits per heavy atom. The molecule has 0 radical (unpaired) electrons. The van der Waals surface area contributed by atoms with Gasteiger partial charge in [0.15, 0.2) is 5.82 Å². The highest BCUT2D eigenvalue weighted by molar-refractivity contribution is 6.19. The van der Waals surface area contributed by atoms with Gasteiger partial charge in [-0.2, -0.15) is 0 Å². The number of benzene rings is 7. The summed E-state index contributed by atoms with van der Waals surface area (Å²) in [7, 11) is 0. The van der Waals surface area contributed by atoms with E-state index in [2.05, 4.69) is 205 Å². The Kier molecular flexibility index (Phi) is 7.96. The highest BCUT2D eigenvalue weighted by atomic mass is 15.0. The van der Waals surface area contributed by atoms with Gasteiger partial charge in [-0.25, -0.2) is 9.97 Å². The number of fused-ring (bicyclic) bond motifs is 6. The minimum atomic E-state index is 0.180. The van der Waals surface area contributed by atoms with E-state index in [1.807, 2.05) is 12.1 Å². The maximum Gasteiger partial charge on any atom is 0.160 e. The van der Waals surface area contributed by atoms with Crippen LogP contribution in [0.3, 0.4) is 0 Å². The van der Waals surface area contributed by atoms with Crippen LogP contribution in [0.5, 0.6) is 0 Å². The number of allylic oxidation sites excluding steroid dienone is 8. The molecule has 268 valence electrons. The van der Waals surface area contributed by atoms with Gasteiger partial charge in [0.1, 0.15) is 0 Å². The van der Waals surface area contributed by atoms with Crippen molar-refractivity contribution in [2.45, 2.75) is 5.92 Å². The summed E-state index contributed by atoms with van der Waals surface area (Å²) >= 11 is 0. The van der Waals surface area contributed by atoms with Gasteiger partial charge in [0.05, 0.1) is 22.4 Å². The Morgan fingerprint density at radius 1 is 0.421 bits per heavy atom. The van der Waals surface area contributed by atoms with Gasteiger partial charge in [-0.1, -0.05) is 194 Å². The van der Waals surface area contributed by atoms with E-state index in [9.17, 15) is 0 Å². The third kappa shape index (κ3) is 5.75. The van der Waals surface area contributed by atoms with Crippen LogP contribution in [-0.4, -0.2) is 14.5 Å². The maximum absolute atomic E-state index is 5.16. The summed E-state index contributed by atoms with van der Waals surface area (Å²) in [6, 6.07) is 62.6. The van der Waals surface area contributed by atoms with Gasteiger partial charge >= 0.3 is 0 Å². The van der Waals surface area contributed by atoms with Crippen molar-refractivity contribution in [1.29, 1.82) is 0 Å². The molecule has 2 aromatic heterocycles. The highest BCUT2D eigenvalue weighted by Gasteiger charge is 2.30. The van der Waals surface area contributed by atoms with Gasteiger partial charge in [0.25, 0.3) is 0 Å². The third-order valence-corrected chi connectivity index (χ3v) is 11.6. The van der Waals surface area contributed by atoms with Crippen LogP contribution >= 0.6 is 0 Å². The van der Waals surface area contributed by atoms with Crippen molar-refractivity contribution in [3.8, 4) is 45.0 Å². The summed E-state index contributed by atoms with van der Waals surface area (Å²) < 4.78 is 2.50. The third-order valence-electron chi connectivity index (χ3n) is 11.6. The van der Waals surface area contributed by atoms with E-state index >= 15 is 0 Å². The lowest BCUT2D eigenvalue weighted by Crippen LogP contribution is -2.18. The molecule has 3 nitrogen and oxygen atoms in total. The van der Waals surface area contributed by atoms with Crippen molar-refractivity contribution in [1.82, 2.24) is 14.5 Å². The summed E-state index contributed by atoms with van der Waals surface area (Å²) in [5, 5.41) is 5.07. The first-order valence-corrected chi connectivity index (χ1v) is 19.7. The SMILES string of the molecule is C1=CC2=C(n3c4ccccc4c4ccc5ccccc5c43)C=CC(c3ccc(-c4nc(-c5ccccc5)cc(-c5ccc(-c6ccccc6)cc5)n4)cc3)C2C=C1. The van der Waals surface area contributed by atoms with Crippen LogP contribution in [0, 0.1) is 5.92 Å². The number of hydrogen-bond acceptors (Lipinski definition) is 2. The Balaban J connectivity index is 0.970. The average molecular weight is 728 g/mol. The molecule has 3 heteroatoms. The number of para-hydroxylation sites is 1. The first kappa shape index (κ1) is 33.0. The number of rotatable bonds is 6. The van der Waals surface area contributed by atoms with Crippen molar-refractivity contribution < 1.29 is 0 Å². The Labute approximate surface area is 331 Å². The Hall–Kier alpha value is -7.36. The topological polar surface area (TPSA) is 30.7 Å².